The summed E-state index contributed by atoms with van der Waals surface area (Å²) in [6, 6.07) is 23.5. The van der Waals surface area contributed by atoms with Gasteiger partial charge in [0, 0.05) is 20.9 Å². The Labute approximate surface area is 167 Å². The van der Waals surface area contributed by atoms with E-state index in [-0.39, 0.29) is 5.84 Å². The maximum atomic E-state index is 7.65. The molecule has 0 spiro atoms. The van der Waals surface area contributed by atoms with E-state index in [1.165, 1.54) is 4.70 Å². The lowest BCUT2D eigenvalue weighted by Crippen LogP contribution is -2.10. The van der Waals surface area contributed by atoms with Crippen molar-refractivity contribution in [1.29, 1.82) is 10.8 Å². The molecule has 0 aliphatic rings. The zero-order valence-corrected chi connectivity index (χ0v) is 16.1. The Balaban J connectivity index is 1.55. The van der Waals surface area contributed by atoms with Crippen LogP contribution in [0, 0.1) is 10.8 Å². The molecule has 0 atom stereocenters. The Bertz CT molecular complexity index is 1170. The Kier molecular flexibility index (Phi) is 4.67. The van der Waals surface area contributed by atoms with Gasteiger partial charge in [-0.15, -0.1) is 11.3 Å². The first kappa shape index (κ1) is 17.9. The van der Waals surface area contributed by atoms with Gasteiger partial charge in [0.25, 0.3) is 0 Å². The van der Waals surface area contributed by atoms with E-state index in [1.54, 1.807) is 18.3 Å². The van der Waals surface area contributed by atoms with Gasteiger partial charge in [-0.25, -0.2) is 0 Å². The maximum Gasteiger partial charge on any atom is 0.127 e. The van der Waals surface area contributed by atoms with Gasteiger partial charge in [0.05, 0.1) is 0 Å². The Hall–Kier alpha value is -3.44. The Morgan fingerprint density at radius 1 is 0.821 bits per heavy atom. The average molecular weight is 385 g/mol. The van der Waals surface area contributed by atoms with Gasteiger partial charge in [0.2, 0.25) is 0 Å². The van der Waals surface area contributed by atoms with Crippen molar-refractivity contribution < 1.29 is 4.74 Å². The summed E-state index contributed by atoms with van der Waals surface area (Å²) >= 11 is 1.71. The molecule has 4 nitrogen and oxygen atoms in total. The number of hydrogen-bond donors (Lipinski definition) is 3. The first-order valence-corrected chi connectivity index (χ1v) is 9.63. The fraction of sp³-hybridized carbons (Fsp3) is 0.0435. The van der Waals surface area contributed by atoms with E-state index in [9.17, 15) is 0 Å². The number of thiophene rings is 1. The van der Waals surface area contributed by atoms with Crippen molar-refractivity contribution in [2.45, 2.75) is 6.92 Å². The second-order valence-corrected chi connectivity index (χ2v) is 7.64. The second-order valence-electron chi connectivity index (χ2n) is 6.55. The fourth-order valence-electron chi connectivity index (χ4n) is 2.95. The van der Waals surface area contributed by atoms with Crippen molar-refractivity contribution >= 4 is 33.0 Å². The molecule has 3 aromatic carbocycles. The number of nitrogen functional groups attached to an aromatic ring is 1. The summed E-state index contributed by atoms with van der Waals surface area (Å²) in [4.78, 5) is 1.16. The van der Waals surface area contributed by atoms with Crippen LogP contribution in [0.1, 0.15) is 18.1 Å². The lowest BCUT2D eigenvalue weighted by Gasteiger charge is -2.07. The quantitative estimate of drug-likeness (QED) is 0.289. The number of fused-ring (bicyclic) bond motifs is 1. The molecular formula is C23H19N3OS. The Morgan fingerprint density at radius 3 is 2.04 bits per heavy atom. The molecule has 0 aliphatic carbocycles. The number of nitrogens with one attached hydrogen (secondary N) is 2. The summed E-state index contributed by atoms with van der Waals surface area (Å²) in [5, 5.41) is 16.3. The van der Waals surface area contributed by atoms with Crippen LogP contribution in [0.3, 0.4) is 0 Å². The van der Waals surface area contributed by atoms with Crippen LogP contribution >= 0.6 is 11.3 Å². The molecule has 1 heterocycles. The number of rotatable bonds is 5. The summed E-state index contributed by atoms with van der Waals surface area (Å²) in [5.74, 6) is 1.60. The zero-order chi connectivity index (χ0) is 19.7. The molecule has 0 saturated heterocycles. The van der Waals surface area contributed by atoms with Gasteiger partial charge < -0.3 is 15.9 Å². The number of hydrogen-bond acceptors (Lipinski definition) is 4. The molecule has 0 bridgehead atoms. The number of ether oxygens (including phenoxy) is 1. The van der Waals surface area contributed by atoms with Crippen LogP contribution in [0.2, 0.25) is 0 Å². The molecule has 5 heteroatoms. The monoisotopic (exact) mass is 385 g/mol. The van der Waals surface area contributed by atoms with Gasteiger partial charge in [-0.1, -0.05) is 0 Å². The SMILES string of the molecule is CC(=N)c1ccc(Oc2ccc(-c3cc4cc(C(=N)N)ccc4s3)cc2)cc1. The fourth-order valence-corrected chi connectivity index (χ4v) is 4.00. The van der Waals surface area contributed by atoms with Crippen molar-refractivity contribution in [2.75, 3.05) is 0 Å². The minimum Gasteiger partial charge on any atom is -0.457 e. The minimum absolute atomic E-state index is 0.0833. The van der Waals surface area contributed by atoms with Crippen molar-refractivity contribution in [3.63, 3.8) is 0 Å². The molecule has 28 heavy (non-hydrogen) atoms. The molecular weight excluding hydrogens is 366 g/mol. The van der Waals surface area contributed by atoms with E-state index in [1.807, 2.05) is 66.7 Å². The smallest absolute Gasteiger partial charge is 0.127 e. The van der Waals surface area contributed by atoms with Crippen LogP contribution in [0.25, 0.3) is 20.5 Å². The molecule has 4 N–H and O–H groups in total. The van der Waals surface area contributed by atoms with E-state index in [2.05, 4.69) is 6.07 Å². The minimum atomic E-state index is 0.0833. The predicted molar refractivity (Wildman–Crippen MR) is 117 cm³/mol. The molecule has 0 amide bonds. The van der Waals surface area contributed by atoms with Gasteiger partial charge in [0.15, 0.2) is 0 Å². The highest BCUT2D eigenvalue weighted by Crippen LogP contribution is 2.35. The predicted octanol–water partition coefficient (Wildman–Crippen LogP) is 6.03. The van der Waals surface area contributed by atoms with Crippen LogP contribution in [-0.4, -0.2) is 11.5 Å². The third-order valence-corrected chi connectivity index (χ3v) is 5.65. The van der Waals surface area contributed by atoms with Crippen LogP contribution in [0.5, 0.6) is 11.5 Å². The maximum absolute atomic E-state index is 7.65. The van der Waals surface area contributed by atoms with Gasteiger partial charge >= 0.3 is 0 Å². The highest BCUT2D eigenvalue weighted by molar-refractivity contribution is 7.22. The standard InChI is InChI=1S/C23H19N3OS/c1-14(24)15-2-7-19(8-3-15)27-20-9-4-16(5-10-20)22-13-18-12-17(23(25)26)6-11-21(18)28-22/h2-13,24H,1H3,(H3,25,26). The average Bonchev–Trinajstić information content (AvgIpc) is 3.12. The summed E-state index contributed by atoms with van der Waals surface area (Å²) < 4.78 is 7.07. The lowest BCUT2D eigenvalue weighted by atomic mass is 10.1. The summed E-state index contributed by atoms with van der Waals surface area (Å²) in [5.41, 5.74) is 8.87. The summed E-state index contributed by atoms with van der Waals surface area (Å²) in [7, 11) is 0. The van der Waals surface area contributed by atoms with Crippen LogP contribution in [-0.2, 0) is 0 Å². The molecule has 0 radical (unpaired) electrons. The number of amidine groups is 1. The first-order valence-electron chi connectivity index (χ1n) is 8.81. The van der Waals surface area contributed by atoms with Crippen LogP contribution < -0.4 is 10.5 Å². The molecule has 0 fully saturated rings. The van der Waals surface area contributed by atoms with Gasteiger partial charge in [-0.05, 0) is 96.2 Å². The van der Waals surface area contributed by atoms with E-state index in [4.69, 9.17) is 21.3 Å². The molecule has 4 rings (SSSR count). The van der Waals surface area contributed by atoms with E-state index in [0.717, 1.165) is 38.5 Å². The van der Waals surface area contributed by atoms with E-state index in [0.29, 0.717) is 5.71 Å². The second kappa shape index (κ2) is 7.29. The number of nitrogens with two attached hydrogens (primary N) is 1. The van der Waals surface area contributed by atoms with Gasteiger partial charge in [0.1, 0.15) is 17.3 Å². The highest BCUT2D eigenvalue weighted by Gasteiger charge is 2.07. The van der Waals surface area contributed by atoms with Crippen LogP contribution in [0.15, 0.2) is 72.8 Å². The molecule has 0 aliphatic heterocycles. The van der Waals surface area contributed by atoms with Crippen molar-refractivity contribution in [3.05, 3.63) is 83.9 Å². The van der Waals surface area contributed by atoms with Gasteiger partial charge in [-0.3, -0.25) is 5.41 Å². The topological polar surface area (TPSA) is 83.0 Å². The van der Waals surface area contributed by atoms with Crippen molar-refractivity contribution in [2.24, 2.45) is 5.73 Å². The first-order chi connectivity index (χ1) is 13.5. The van der Waals surface area contributed by atoms with Gasteiger partial charge in [-0.2, -0.15) is 0 Å². The van der Waals surface area contributed by atoms with E-state index < -0.39 is 0 Å². The third kappa shape index (κ3) is 3.66. The van der Waals surface area contributed by atoms with Crippen molar-refractivity contribution in [1.82, 2.24) is 0 Å². The summed E-state index contributed by atoms with van der Waals surface area (Å²) in [6.07, 6.45) is 0. The molecule has 138 valence electrons. The molecule has 0 saturated carbocycles. The highest BCUT2D eigenvalue weighted by atomic mass is 32.1. The number of benzene rings is 3. The molecule has 4 aromatic rings. The van der Waals surface area contributed by atoms with Crippen LogP contribution in [0.4, 0.5) is 0 Å². The Morgan fingerprint density at radius 2 is 1.43 bits per heavy atom. The molecule has 0 unspecified atom stereocenters. The zero-order valence-electron chi connectivity index (χ0n) is 15.3. The largest absolute Gasteiger partial charge is 0.457 e. The third-order valence-electron chi connectivity index (χ3n) is 4.49. The lowest BCUT2D eigenvalue weighted by molar-refractivity contribution is 0.483. The molecule has 1 aromatic heterocycles. The normalized spacial score (nSPS) is 10.8. The van der Waals surface area contributed by atoms with E-state index >= 15 is 0 Å². The van der Waals surface area contributed by atoms with Crippen molar-refractivity contribution in [3.8, 4) is 21.9 Å². The summed E-state index contributed by atoms with van der Waals surface area (Å²) in [6.45, 7) is 1.77.